The van der Waals surface area contributed by atoms with E-state index in [1.165, 1.54) is 37.7 Å². The smallest absolute Gasteiger partial charge is 0.0624 e. The van der Waals surface area contributed by atoms with Crippen molar-refractivity contribution in [1.82, 2.24) is 5.32 Å². The fourth-order valence-corrected chi connectivity index (χ4v) is 3.93. The van der Waals surface area contributed by atoms with Crippen molar-refractivity contribution in [3.05, 3.63) is 33.8 Å². The van der Waals surface area contributed by atoms with Crippen molar-refractivity contribution in [3.8, 4) is 0 Å². The molecule has 0 heterocycles. The molecule has 0 bridgehead atoms. The predicted octanol–water partition coefficient (Wildman–Crippen LogP) is 5.73. The summed E-state index contributed by atoms with van der Waals surface area (Å²) in [7, 11) is 0. The van der Waals surface area contributed by atoms with E-state index in [0.717, 1.165) is 29.8 Å². The van der Waals surface area contributed by atoms with Crippen molar-refractivity contribution >= 4 is 23.2 Å². The van der Waals surface area contributed by atoms with Crippen LogP contribution in [0.25, 0.3) is 0 Å². The fraction of sp³-hybridized carbons (Fsp3) is 0.667. The first kappa shape index (κ1) is 17.1. The molecule has 21 heavy (non-hydrogen) atoms. The molecule has 1 N–H and O–H groups in total. The van der Waals surface area contributed by atoms with Crippen LogP contribution < -0.4 is 5.32 Å². The molecule has 1 saturated carbocycles. The highest BCUT2D eigenvalue weighted by Crippen LogP contribution is 2.37. The van der Waals surface area contributed by atoms with Crippen molar-refractivity contribution in [3.63, 3.8) is 0 Å². The highest BCUT2D eigenvalue weighted by atomic mass is 35.5. The van der Waals surface area contributed by atoms with Crippen LogP contribution in [0.15, 0.2) is 18.2 Å². The average molecular weight is 328 g/mol. The number of benzene rings is 1. The van der Waals surface area contributed by atoms with Crippen LogP contribution in [0.2, 0.25) is 10.0 Å². The second-order valence-electron chi connectivity index (χ2n) is 6.33. The van der Waals surface area contributed by atoms with Gasteiger partial charge in [0.15, 0.2) is 0 Å². The van der Waals surface area contributed by atoms with Crippen molar-refractivity contribution in [1.29, 1.82) is 0 Å². The van der Waals surface area contributed by atoms with E-state index in [1.807, 2.05) is 12.1 Å². The maximum Gasteiger partial charge on any atom is 0.0624 e. The maximum atomic E-state index is 6.37. The molecule has 1 aromatic carbocycles. The molecule has 1 aliphatic rings. The summed E-state index contributed by atoms with van der Waals surface area (Å²) in [5, 5.41) is 5.15. The Labute approximate surface area is 139 Å². The second-order valence-corrected chi connectivity index (χ2v) is 7.11. The van der Waals surface area contributed by atoms with Crippen LogP contribution in [0.1, 0.15) is 51.5 Å². The van der Waals surface area contributed by atoms with Gasteiger partial charge in [-0.3, -0.25) is 0 Å². The van der Waals surface area contributed by atoms with Gasteiger partial charge in [-0.1, -0.05) is 62.0 Å². The van der Waals surface area contributed by atoms with Gasteiger partial charge in [0.1, 0.15) is 0 Å². The average Bonchev–Trinajstić information content (AvgIpc) is 2.96. The van der Waals surface area contributed by atoms with Crippen LogP contribution in [0.3, 0.4) is 0 Å². The van der Waals surface area contributed by atoms with E-state index >= 15 is 0 Å². The van der Waals surface area contributed by atoms with E-state index in [4.69, 9.17) is 23.2 Å². The quantitative estimate of drug-likeness (QED) is 0.674. The third-order valence-electron chi connectivity index (χ3n) is 4.86. The second kappa shape index (κ2) is 8.41. The molecule has 0 radical (unpaired) electrons. The molecule has 1 nitrogen and oxygen atoms in total. The first-order valence-corrected chi connectivity index (χ1v) is 9.07. The van der Waals surface area contributed by atoms with Crippen LogP contribution in [-0.4, -0.2) is 12.6 Å². The molecule has 0 spiro atoms. The highest BCUT2D eigenvalue weighted by Gasteiger charge is 2.30. The Morgan fingerprint density at radius 1 is 1.24 bits per heavy atom. The lowest BCUT2D eigenvalue weighted by Crippen LogP contribution is -2.37. The van der Waals surface area contributed by atoms with Crippen molar-refractivity contribution in [2.45, 2.75) is 58.4 Å². The number of rotatable bonds is 7. The topological polar surface area (TPSA) is 12.0 Å². The first-order valence-electron chi connectivity index (χ1n) is 8.31. The van der Waals surface area contributed by atoms with Crippen LogP contribution in [0.5, 0.6) is 0 Å². The minimum atomic E-state index is 0.525. The van der Waals surface area contributed by atoms with Gasteiger partial charge in [-0.25, -0.2) is 0 Å². The lowest BCUT2D eigenvalue weighted by atomic mass is 9.90. The Hall–Kier alpha value is -0.240. The van der Waals surface area contributed by atoms with E-state index in [9.17, 15) is 0 Å². The lowest BCUT2D eigenvalue weighted by molar-refractivity contribution is 0.344. The van der Waals surface area contributed by atoms with E-state index in [-0.39, 0.29) is 0 Å². The maximum absolute atomic E-state index is 6.37. The van der Waals surface area contributed by atoms with Gasteiger partial charge in [-0.2, -0.15) is 0 Å². The van der Waals surface area contributed by atoms with E-state index < -0.39 is 0 Å². The third-order valence-corrected chi connectivity index (χ3v) is 5.71. The zero-order valence-electron chi connectivity index (χ0n) is 13.2. The number of hydrogen-bond acceptors (Lipinski definition) is 1. The SMILES string of the molecule is CCCNC(Cc1cccc(Cl)c1Cl)C1CCC(CC)C1. The first-order chi connectivity index (χ1) is 10.2. The van der Waals surface area contributed by atoms with Crippen LogP contribution in [-0.2, 0) is 6.42 Å². The van der Waals surface area contributed by atoms with Crippen LogP contribution >= 0.6 is 23.2 Å². The van der Waals surface area contributed by atoms with Gasteiger partial charge in [0.05, 0.1) is 10.0 Å². The molecule has 0 aromatic heterocycles. The summed E-state index contributed by atoms with van der Waals surface area (Å²) in [6.07, 6.45) is 7.56. The summed E-state index contributed by atoms with van der Waals surface area (Å²) < 4.78 is 0. The van der Waals surface area contributed by atoms with Gasteiger partial charge in [0.25, 0.3) is 0 Å². The molecule has 1 aromatic rings. The van der Waals surface area contributed by atoms with E-state index in [1.54, 1.807) is 0 Å². The van der Waals surface area contributed by atoms with Gasteiger partial charge in [-0.15, -0.1) is 0 Å². The Morgan fingerprint density at radius 2 is 2.05 bits per heavy atom. The Morgan fingerprint density at radius 3 is 2.71 bits per heavy atom. The molecular weight excluding hydrogens is 301 g/mol. The molecule has 2 rings (SSSR count). The lowest BCUT2D eigenvalue weighted by Gasteiger charge is -2.26. The monoisotopic (exact) mass is 327 g/mol. The van der Waals surface area contributed by atoms with Crippen molar-refractivity contribution in [2.75, 3.05) is 6.54 Å². The minimum Gasteiger partial charge on any atom is -0.313 e. The zero-order valence-corrected chi connectivity index (χ0v) is 14.7. The van der Waals surface area contributed by atoms with E-state index in [0.29, 0.717) is 11.1 Å². The minimum absolute atomic E-state index is 0.525. The molecule has 3 atom stereocenters. The van der Waals surface area contributed by atoms with Gasteiger partial charge < -0.3 is 5.32 Å². The molecule has 0 saturated heterocycles. The van der Waals surface area contributed by atoms with Gasteiger partial charge >= 0.3 is 0 Å². The van der Waals surface area contributed by atoms with Crippen molar-refractivity contribution < 1.29 is 0 Å². The molecular formula is C18H27Cl2N. The number of hydrogen-bond donors (Lipinski definition) is 1. The summed E-state index contributed by atoms with van der Waals surface area (Å²) >= 11 is 12.5. The Bertz CT molecular complexity index is 447. The fourth-order valence-electron chi connectivity index (χ4n) is 3.53. The van der Waals surface area contributed by atoms with Crippen LogP contribution in [0.4, 0.5) is 0 Å². The standard InChI is InChI=1S/C18H27Cl2N/c1-3-10-21-17(14-9-8-13(4-2)11-14)12-15-6-5-7-16(19)18(15)20/h5-7,13-14,17,21H,3-4,8-12H2,1-2H3. The zero-order chi connectivity index (χ0) is 15.2. The van der Waals surface area contributed by atoms with Gasteiger partial charge in [-0.05, 0) is 55.7 Å². The van der Waals surface area contributed by atoms with Gasteiger partial charge in [0, 0.05) is 6.04 Å². The highest BCUT2D eigenvalue weighted by molar-refractivity contribution is 6.42. The summed E-state index contributed by atoms with van der Waals surface area (Å²) in [6, 6.07) is 6.51. The Kier molecular flexibility index (Phi) is 6.85. The Balaban J connectivity index is 2.07. The molecule has 3 heteroatoms. The third kappa shape index (κ3) is 4.61. The molecule has 118 valence electrons. The molecule has 0 aliphatic heterocycles. The molecule has 3 unspecified atom stereocenters. The largest absolute Gasteiger partial charge is 0.313 e. The summed E-state index contributed by atoms with van der Waals surface area (Å²) in [5.41, 5.74) is 1.18. The molecule has 1 fully saturated rings. The van der Waals surface area contributed by atoms with Gasteiger partial charge in [0.2, 0.25) is 0 Å². The number of nitrogens with one attached hydrogen (secondary N) is 1. The molecule has 1 aliphatic carbocycles. The summed E-state index contributed by atoms with van der Waals surface area (Å²) in [4.78, 5) is 0. The van der Waals surface area contributed by atoms with Crippen LogP contribution in [0, 0.1) is 11.8 Å². The molecule has 0 amide bonds. The normalized spacial score (nSPS) is 23.4. The summed E-state index contributed by atoms with van der Waals surface area (Å²) in [5.74, 6) is 1.69. The van der Waals surface area contributed by atoms with E-state index in [2.05, 4.69) is 25.2 Å². The van der Waals surface area contributed by atoms with Crippen molar-refractivity contribution in [2.24, 2.45) is 11.8 Å². The number of halogens is 2. The predicted molar refractivity (Wildman–Crippen MR) is 93.4 cm³/mol. The summed E-state index contributed by atoms with van der Waals surface area (Å²) in [6.45, 7) is 5.62.